The lowest BCUT2D eigenvalue weighted by Crippen LogP contribution is -2.40. The molecule has 0 aliphatic carbocycles. The zero-order valence-corrected chi connectivity index (χ0v) is 17.2. The topological polar surface area (TPSA) is 93.7 Å². The largest absolute Gasteiger partial charge is 0.486 e. The number of nitrogens with zero attached hydrogens (tertiary/aromatic N) is 3. The Kier molecular flexibility index (Phi) is 6.48. The SMILES string of the molecule is O=C(Nc1cccc(C(=O)N2CCOCC2)c1)c1nnc(COc2ccc(F)cc2)s1. The number of anilines is 1. The maximum absolute atomic E-state index is 12.9. The zero-order valence-electron chi connectivity index (χ0n) is 16.4. The first kappa shape index (κ1) is 20.9. The first-order chi connectivity index (χ1) is 15.1. The molecule has 4 rings (SSSR count). The van der Waals surface area contributed by atoms with Crippen molar-refractivity contribution in [3.8, 4) is 5.75 Å². The molecule has 160 valence electrons. The molecule has 2 aromatic carbocycles. The molecule has 8 nitrogen and oxygen atoms in total. The third-order valence-corrected chi connectivity index (χ3v) is 5.40. The molecule has 31 heavy (non-hydrogen) atoms. The minimum Gasteiger partial charge on any atom is -0.486 e. The quantitative estimate of drug-likeness (QED) is 0.631. The Morgan fingerprint density at radius 1 is 1.13 bits per heavy atom. The van der Waals surface area contributed by atoms with Gasteiger partial charge in [0.1, 0.15) is 18.2 Å². The van der Waals surface area contributed by atoms with Crippen LogP contribution >= 0.6 is 11.3 Å². The van der Waals surface area contributed by atoms with Gasteiger partial charge < -0.3 is 19.7 Å². The second-order valence-corrected chi connectivity index (χ2v) is 7.75. The van der Waals surface area contributed by atoms with Gasteiger partial charge in [-0.05, 0) is 42.5 Å². The summed E-state index contributed by atoms with van der Waals surface area (Å²) in [5, 5.41) is 11.3. The number of carbonyl (C=O) groups is 2. The maximum Gasteiger partial charge on any atom is 0.286 e. The number of amides is 2. The highest BCUT2D eigenvalue weighted by atomic mass is 32.1. The number of carbonyl (C=O) groups excluding carboxylic acids is 2. The molecular weight excluding hydrogens is 423 g/mol. The van der Waals surface area contributed by atoms with Crippen LogP contribution in [-0.4, -0.2) is 53.2 Å². The zero-order chi connectivity index (χ0) is 21.6. The summed E-state index contributed by atoms with van der Waals surface area (Å²) in [6.07, 6.45) is 0. The van der Waals surface area contributed by atoms with Crippen LogP contribution in [0.2, 0.25) is 0 Å². The van der Waals surface area contributed by atoms with Crippen molar-refractivity contribution in [2.24, 2.45) is 0 Å². The summed E-state index contributed by atoms with van der Waals surface area (Å²) >= 11 is 1.09. The number of hydrogen-bond donors (Lipinski definition) is 1. The van der Waals surface area contributed by atoms with Crippen LogP contribution in [0, 0.1) is 5.82 Å². The van der Waals surface area contributed by atoms with Crippen molar-refractivity contribution in [1.29, 1.82) is 0 Å². The number of benzene rings is 2. The van der Waals surface area contributed by atoms with E-state index in [1.165, 1.54) is 24.3 Å². The third kappa shape index (κ3) is 5.41. The lowest BCUT2D eigenvalue weighted by Gasteiger charge is -2.27. The highest BCUT2D eigenvalue weighted by Gasteiger charge is 2.19. The fraction of sp³-hybridized carbons (Fsp3) is 0.238. The van der Waals surface area contributed by atoms with Crippen molar-refractivity contribution in [1.82, 2.24) is 15.1 Å². The van der Waals surface area contributed by atoms with Gasteiger partial charge in [-0.1, -0.05) is 17.4 Å². The number of morpholine rings is 1. The number of ether oxygens (including phenoxy) is 2. The minimum absolute atomic E-state index is 0.101. The van der Waals surface area contributed by atoms with E-state index in [1.54, 1.807) is 29.2 Å². The summed E-state index contributed by atoms with van der Waals surface area (Å²) in [6.45, 7) is 2.24. The molecule has 0 saturated carbocycles. The Bertz CT molecular complexity index is 1070. The monoisotopic (exact) mass is 442 g/mol. The van der Waals surface area contributed by atoms with E-state index < -0.39 is 5.91 Å². The summed E-state index contributed by atoms with van der Waals surface area (Å²) < 4.78 is 23.7. The van der Waals surface area contributed by atoms with E-state index in [4.69, 9.17) is 9.47 Å². The molecule has 1 saturated heterocycles. The van der Waals surface area contributed by atoms with Crippen molar-refractivity contribution in [3.63, 3.8) is 0 Å². The fourth-order valence-corrected chi connectivity index (χ4v) is 3.59. The van der Waals surface area contributed by atoms with Crippen molar-refractivity contribution in [3.05, 3.63) is 69.9 Å². The first-order valence-electron chi connectivity index (χ1n) is 9.58. The van der Waals surface area contributed by atoms with Crippen LogP contribution in [-0.2, 0) is 11.3 Å². The molecule has 0 bridgehead atoms. The molecule has 1 aromatic heterocycles. The van der Waals surface area contributed by atoms with Gasteiger partial charge in [0.2, 0.25) is 5.01 Å². The Morgan fingerprint density at radius 3 is 2.68 bits per heavy atom. The van der Waals surface area contributed by atoms with E-state index in [2.05, 4.69) is 15.5 Å². The highest BCUT2D eigenvalue weighted by Crippen LogP contribution is 2.18. The van der Waals surface area contributed by atoms with Crippen LogP contribution in [0.1, 0.15) is 25.2 Å². The van der Waals surface area contributed by atoms with Crippen LogP contribution in [0.3, 0.4) is 0 Å². The van der Waals surface area contributed by atoms with Crippen LogP contribution < -0.4 is 10.1 Å². The molecule has 0 spiro atoms. The third-order valence-electron chi connectivity index (χ3n) is 4.50. The van der Waals surface area contributed by atoms with Crippen LogP contribution in [0.5, 0.6) is 5.75 Å². The number of hydrogen-bond acceptors (Lipinski definition) is 7. The van der Waals surface area contributed by atoms with Crippen LogP contribution in [0.25, 0.3) is 0 Å². The summed E-state index contributed by atoms with van der Waals surface area (Å²) in [5.74, 6) is -0.390. The Balaban J connectivity index is 1.36. The Labute approximate surface area is 181 Å². The van der Waals surface area contributed by atoms with E-state index >= 15 is 0 Å². The van der Waals surface area contributed by atoms with Crippen molar-refractivity contribution in [2.45, 2.75) is 6.61 Å². The molecule has 2 heterocycles. The van der Waals surface area contributed by atoms with Crippen LogP contribution in [0.4, 0.5) is 10.1 Å². The van der Waals surface area contributed by atoms with E-state index in [0.29, 0.717) is 48.3 Å². The second kappa shape index (κ2) is 9.63. The van der Waals surface area contributed by atoms with Gasteiger partial charge in [-0.25, -0.2) is 4.39 Å². The highest BCUT2D eigenvalue weighted by molar-refractivity contribution is 7.13. The predicted octanol–water partition coefficient (Wildman–Crippen LogP) is 2.98. The summed E-state index contributed by atoms with van der Waals surface area (Å²) in [6, 6.07) is 12.4. The average Bonchev–Trinajstić information content (AvgIpc) is 3.28. The van der Waals surface area contributed by atoms with Gasteiger partial charge >= 0.3 is 0 Å². The molecule has 0 radical (unpaired) electrons. The molecular formula is C21H19FN4O4S. The molecule has 1 aliphatic rings. The van der Waals surface area contributed by atoms with Crippen LogP contribution in [0.15, 0.2) is 48.5 Å². The van der Waals surface area contributed by atoms with E-state index in [0.717, 1.165) is 11.3 Å². The number of rotatable bonds is 6. The number of halogens is 1. The maximum atomic E-state index is 12.9. The number of nitrogens with one attached hydrogen (secondary N) is 1. The summed E-state index contributed by atoms with van der Waals surface area (Å²) in [7, 11) is 0. The molecule has 0 unspecified atom stereocenters. The van der Waals surface area contributed by atoms with Gasteiger partial charge in [-0.3, -0.25) is 9.59 Å². The smallest absolute Gasteiger partial charge is 0.286 e. The van der Waals surface area contributed by atoms with Gasteiger partial charge in [0.25, 0.3) is 11.8 Å². The van der Waals surface area contributed by atoms with Gasteiger partial charge in [-0.15, -0.1) is 10.2 Å². The van der Waals surface area contributed by atoms with E-state index in [-0.39, 0.29) is 23.3 Å². The first-order valence-corrected chi connectivity index (χ1v) is 10.4. The predicted molar refractivity (Wildman–Crippen MR) is 112 cm³/mol. The lowest BCUT2D eigenvalue weighted by molar-refractivity contribution is 0.0303. The van der Waals surface area contributed by atoms with Crippen molar-refractivity contribution >= 4 is 28.8 Å². The van der Waals surface area contributed by atoms with E-state index in [9.17, 15) is 14.0 Å². The molecule has 3 aromatic rings. The van der Waals surface area contributed by atoms with Gasteiger partial charge in [0.05, 0.1) is 13.2 Å². The molecule has 2 amide bonds. The van der Waals surface area contributed by atoms with Crippen molar-refractivity contribution < 1.29 is 23.5 Å². The second-order valence-electron chi connectivity index (χ2n) is 6.68. The molecule has 10 heteroatoms. The van der Waals surface area contributed by atoms with E-state index in [1.807, 2.05) is 0 Å². The molecule has 1 aliphatic heterocycles. The Morgan fingerprint density at radius 2 is 1.90 bits per heavy atom. The summed E-state index contributed by atoms with van der Waals surface area (Å²) in [4.78, 5) is 26.9. The lowest BCUT2D eigenvalue weighted by atomic mass is 10.1. The Hall–Kier alpha value is -3.37. The van der Waals surface area contributed by atoms with Gasteiger partial charge in [0.15, 0.2) is 5.01 Å². The molecule has 1 fully saturated rings. The van der Waals surface area contributed by atoms with Gasteiger partial charge in [0, 0.05) is 24.3 Å². The standard InChI is InChI=1S/C21H19FN4O4S/c22-15-4-6-17(7-5-15)30-13-18-24-25-20(31-18)19(27)23-16-3-1-2-14(12-16)21(28)26-8-10-29-11-9-26/h1-7,12H,8-11,13H2,(H,23,27). The summed E-state index contributed by atoms with van der Waals surface area (Å²) in [5.41, 5.74) is 0.980. The fourth-order valence-electron chi connectivity index (χ4n) is 2.94. The minimum atomic E-state index is -0.429. The van der Waals surface area contributed by atoms with Crippen molar-refractivity contribution in [2.75, 3.05) is 31.6 Å². The average molecular weight is 442 g/mol. The molecule has 1 N–H and O–H groups in total. The van der Waals surface area contributed by atoms with Gasteiger partial charge in [-0.2, -0.15) is 0 Å². The molecule has 0 atom stereocenters. The normalized spacial score (nSPS) is 13.6. The number of aromatic nitrogens is 2.